The van der Waals surface area contributed by atoms with Crippen molar-refractivity contribution in [3.8, 4) is 0 Å². The predicted molar refractivity (Wildman–Crippen MR) is 112 cm³/mol. The SMILES string of the molecule is CCCCN(C)C(=NC)NCC(CCC)NC(=O)OC(C)(C)C.I. The Hall–Kier alpha value is -0.730. The molecule has 0 spiro atoms. The summed E-state index contributed by atoms with van der Waals surface area (Å²) in [5.74, 6) is 0.852. The van der Waals surface area contributed by atoms with Gasteiger partial charge in [-0.1, -0.05) is 26.7 Å². The van der Waals surface area contributed by atoms with Crippen molar-refractivity contribution in [3.63, 3.8) is 0 Å². The molecule has 0 saturated carbocycles. The minimum Gasteiger partial charge on any atom is -0.444 e. The summed E-state index contributed by atoms with van der Waals surface area (Å²) in [6.07, 6.45) is 3.80. The Balaban J connectivity index is 0. The number of aliphatic imine (C=N–C) groups is 1. The second-order valence-electron chi connectivity index (χ2n) is 6.84. The van der Waals surface area contributed by atoms with Crippen LogP contribution < -0.4 is 10.6 Å². The molecule has 2 N–H and O–H groups in total. The minimum atomic E-state index is -0.481. The largest absolute Gasteiger partial charge is 0.444 e. The summed E-state index contributed by atoms with van der Waals surface area (Å²) < 4.78 is 5.33. The molecule has 0 aliphatic carbocycles. The molecule has 7 heteroatoms. The van der Waals surface area contributed by atoms with Crippen LogP contribution in [0.15, 0.2) is 4.99 Å². The highest BCUT2D eigenvalue weighted by molar-refractivity contribution is 14.0. The first kappa shape index (κ1) is 25.5. The second-order valence-corrected chi connectivity index (χ2v) is 6.84. The van der Waals surface area contributed by atoms with Crippen molar-refractivity contribution in [3.05, 3.63) is 0 Å². The van der Waals surface area contributed by atoms with Crippen LogP contribution in [-0.2, 0) is 4.74 Å². The van der Waals surface area contributed by atoms with Gasteiger partial charge in [-0.05, 0) is 33.6 Å². The van der Waals surface area contributed by atoms with E-state index in [0.717, 1.165) is 38.2 Å². The maximum atomic E-state index is 11.9. The zero-order chi connectivity index (χ0) is 17.9. The van der Waals surface area contributed by atoms with Gasteiger partial charge < -0.3 is 20.3 Å². The first-order chi connectivity index (χ1) is 10.7. The lowest BCUT2D eigenvalue weighted by Gasteiger charge is -2.26. The molecule has 0 aromatic carbocycles. The Morgan fingerprint density at radius 2 is 1.88 bits per heavy atom. The van der Waals surface area contributed by atoms with Crippen molar-refractivity contribution in [2.45, 2.75) is 71.9 Å². The highest BCUT2D eigenvalue weighted by atomic mass is 127. The highest BCUT2D eigenvalue weighted by Gasteiger charge is 2.19. The number of alkyl carbamates (subject to hydrolysis) is 1. The molecule has 0 bridgehead atoms. The maximum absolute atomic E-state index is 11.9. The average molecular weight is 456 g/mol. The van der Waals surface area contributed by atoms with Gasteiger partial charge in [-0.3, -0.25) is 4.99 Å². The van der Waals surface area contributed by atoms with Crippen molar-refractivity contribution in [2.24, 2.45) is 4.99 Å². The summed E-state index contributed by atoms with van der Waals surface area (Å²) in [5, 5.41) is 6.28. The van der Waals surface area contributed by atoms with Gasteiger partial charge in [0.2, 0.25) is 0 Å². The van der Waals surface area contributed by atoms with Gasteiger partial charge in [-0.15, -0.1) is 24.0 Å². The molecule has 144 valence electrons. The van der Waals surface area contributed by atoms with Crippen LogP contribution in [0.4, 0.5) is 4.79 Å². The quantitative estimate of drug-likeness (QED) is 0.333. The third-order valence-corrected chi connectivity index (χ3v) is 3.29. The number of hydrogen-bond donors (Lipinski definition) is 2. The summed E-state index contributed by atoms with van der Waals surface area (Å²) in [4.78, 5) is 18.3. The molecule has 1 atom stereocenters. The number of halogens is 1. The topological polar surface area (TPSA) is 66.0 Å². The van der Waals surface area contributed by atoms with Crippen molar-refractivity contribution < 1.29 is 9.53 Å². The third-order valence-electron chi connectivity index (χ3n) is 3.29. The highest BCUT2D eigenvalue weighted by Crippen LogP contribution is 2.07. The number of ether oxygens (including phenoxy) is 1. The number of guanidine groups is 1. The standard InChI is InChI=1S/C17H36N4O2.HI/c1-8-10-12-21(7)15(18-6)19-13-14(11-9-2)20-16(22)23-17(3,4)5;/h14H,8-13H2,1-7H3,(H,18,19)(H,20,22);1H. The number of hydrogen-bond acceptors (Lipinski definition) is 3. The van der Waals surface area contributed by atoms with Crippen LogP contribution in [0.5, 0.6) is 0 Å². The molecule has 1 amide bonds. The number of nitrogens with zero attached hydrogens (tertiary/aromatic N) is 2. The Labute approximate surface area is 165 Å². The third kappa shape index (κ3) is 12.7. The molecular weight excluding hydrogens is 419 g/mol. The van der Waals surface area contributed by atoms with Crippen LogP contribution in [0.25, 0.3) is 0 Å². The molecule has 0 aliphatic heterocycles. The number of rotatable bonds is 8. The molecule has 0 aromatic heterocycles. The normalized spacial score (nSPS) is 12.9. The van der Waals surface area contributed by atoms with E-state index in [2.05, 4.69) is 34.4 Å². The monoisotopic (exact) mass is 456 g/mol. The van der Waals surface area contributed by atoms with Crippen LogP contribution in [0.3, 0.4) is 0 Å². The molecule has 0 heterocycles. The molecule has 0 aromatic rings. The number of carbonyl (C=O) groups is 1. The van der Waals surface area contributed by atoms with Gasteiger partial charge in [0.1, 0.15) is 5.60 Å². The molecule has 0 aliphatic rings. The minimum absolute atomic E-state index is 0. The average Bonchev–Trinajstić information content (AvgIpc) is 2.43. The van der Waals surface area contributed by atoms with E-state index in [4.69, 9.17) is 4.74 Å². The van der Waals surface area contributed by atoms with E-state index in [1.807, 2.05) is 27.8 Å². The molecule has 0 saturated heterocycles. The fourth-order valence-corrected chi connectivity index (χ4v) is 2.15. The molecular formula is C17H37IN4O2. The number of unbranched alkanes of at least 4 members (excludes halogenated alkanes) is 1. The molecule has 0 radical (unpaired) electrons. The fraction of sp³-hybridized carbons (Fsp3) is 0.882. The van der Waals surface area contributed by atoms with Gasteiger partial charge in [0.25, 0.3) is 0 Å². The zero-order valence-electron chi connectivity index (χ0n) is 16.4. The van der Waals surface area contributed by atoms with E-state index in [1.165, 1.54) is 0 Å². The lowest BCUT2D eigenvalue weighted by Crippen LogP contribution is -2.48. The van der Waals surface area contributed by atoms with E-state index < -0.39 is 5.60 Å². The van der Waals surface area contributed by atoms with Crippen LogP contribution in [0, 0.1) is 0 Å². The summed E-state index contributed by atoms with van der Waals surface area (Å²) >= 11 is 0. The number of carbonyl (C=O) groups excluding carboxylic acids is 1. The molecule has 0 rings (SSSR count). The fourth-order valence-electron chi connectivity index (χ4n) is 2.15. The van der Waals surface area contributed by atoms with Crippen LogP contribution in [0.1, 0.15) is 60.3 Å². The van der Waals surface area contributed by atoms with E-state index in [0.29, 0.717) is 6.54 Å². The van der Waals surface area contributed by atoms with Crippen molar-refractivity contribution in [1.82, 2.24) is 15.5 Å². The Bertz CT molecular complexity index is 370. The van der Waals surface area contributed by atoms with E-state index in [9.17, 15) is 4.79 Å². The Morgan fingerprint density at radius 1 is 1.25 bits per heavy atom. The molecule has 0 fully saturated rings. The summed E-state index contributed by atoms with van der Waals surface area (Å²) in [6, 6.07) is 0.0196. The summed E-state index contributed by atoms with van der Waals surface area (Å²) in [5.41, 5.74) is -0.481. The molecule has 24 heavy (non-hydrogen) atoms. The van der Waals surface area contributed by atoms with Crippen molar-refractivity contribution in [2.75, 3.05) is 27.2 Å². The Morgan fingerprint density at radius 3 is 2.33 bits per heavy atom. The lowest BCUT2D eigenvalue weighted by atomic mass is 10.1. The number of nitrogens with one attached hydrogen (secondary N) is 2. The molecule has 1 unspecified atom stereocenters. The van der Waals surface area contributed by atoms with Crippen LogP contribution >= 0.6 is 24.0 Å². The van der Waals surface area contributed by atoms with E-state index in [-0.39, 0.29) is 36.1 Å². The van der Waals surface area contributed by atoms with Crippen LogP contribution in [-0.4, -0.2) is 55.8 Å². The van der Waals surface area contributed by atoms with E-state index >= 15 is 0 Å². The van der Waals surface area contributed by atoms with Gasteiger partial charge in [-0.25, -0.2) is 4.79 Å². The summed E-state index contributed by atoms with van der Waals surface area (Å²) in [7, 11) is 3.81. The van der Waals surface area contributed by atoms with Crippen molar-refractivity contribution >= 4 is 36.0 Å². The first-order valence-electron chi connectivity index (χ1n) is 8.64. The van der Waals surface area contributed by atoms with Gasteiger partial charge in [-0.2, -0.15) is 0 Å². The van der Waals surface area contributed by atoms with Gasteiger partial charge in [0.05, 0.1) is 0 Å². The zero-order valence-corrected chi connectivity index (χ0v) is 18.8. The first-order valence-corrected chi connectivity index (χ1v) is 8.64. The van der Waals surface area contributed by atoms with Gasteiger partial charge >= 0.3 is 6.09 Å². The van der Waals surface area contributed by atoms with Gasteiger partial charge in [0.15, 0.2) is 5.96 Å². The predicted octanol–water partition coefficient (Wildman–Crippen LogP) is 3.61. The van der Waals surface area contributed by atoms with Crippen LogP contribution in [0.2, 0.25) is 0 Å². The number of amides is 1. The summed E-state index contributed by atoms with van der Waals surface area (Å²) in [6.45, 7) is 11.5. The van der Waals surface area contributed by atoms with E-state index in [1.54, 1.807) is 7.05 Å². The maximum Gasteiger partial charge on any atom is 0.407 e. The lowest BCUT2D eigenvalue weighted by molar-refractivity contribution is 0.0502. The Kier molecular flexibility index (Phi) is 14.4. The van der Waals surface area contributed by atoms with Crippen molar-refractivity contribution in [1.29, 1.82) is 0 Å². The second kappa shape index (κ2) is 13.5. The van der Waals surface area contributed by atoms with Gasteiger partial charge in [0, 0.05) is 33.2 Å². The smallest absolute Gasteiger partial charge is 0.407 e. The molecule has 6 nitrogen and oxygen atoms in total.